The van der Waals surface area contributed by atoms with Gasteiger partial charge in [-0.1, -0.05) is 18.2 Å². The van der Waals surface area contributed by atoms with Crippen molar-refractivity contribution in [2.75, 3.05) is 19.0 Å². The molecule has 2 aromatic heterocycles. The van der Waals surface area contributed by atoms with Crippen LogP contribution in [0.4, 0.5) is 5.69 Å². The number of carbonyl (C=O) groups excluding carboxylic acids is 1. The molecule has 0 fully saturated rings. The van der Waals surface area contributed by atoms with Gasteiger partial charge in [-0.05, 0) is 19.1 Å². The number of hydrogen-bond donors (Lipinski definition) is 2. The number of carbonyl (C=O) groups is 1. The second-order valence-electron chi connectivity index (χ2n) is 5.83. The quantitative estimate of drug-likeness (QED) is 0.720. The van der Waals surface area contributed by atoms with Gasteiger partial charge in [-0.2, -0.15) is 5.10 Å². The van der Waals surface area contributed by atoms with Gasteiger partial charge in [0.15, 0.2) is 5.65 Å². The monoisotopic (exact) mass is 339 g/mol. The largest absolute Gasteiger partial charge is 0.495 e. The number of pyridine rings is 1. The molecular weight excluding hydrogens is 318 g/mol. The zero-order valence-corrected chi connectivity index (χ0v) is 14.5. The Hall–Kier alpha value is -3.09. The van der Waals surface area contributed by atoms with Crippen LogP contribution in [0.1, 0.15) is 17.3 Å². The Morgan fingerprint density at radius 2 is 2.04 bits per heavy atom. The van der Waals surface area contributed by atoms with Crippen molar-refractivity contribution < 1.29 is 9.53 Å². The van der Waals surface area contributed by atoms with Crippen molar-refractivity contribution in [3.63, 3.8) is 0 Å². The van der Waals surface area contributed by atoms with Crippen molar-refractivity contribution in [3.05, 3.63) is 48.3 Å². The Morgan fingerprint density at radius 3 is 2.76 bits per heavy atom. The maximum Gasteiger partial charge on any atom is 0.256 e. The van der Waals surface area contributed by atoms with Gasteiger partial charge in [0, 0.05) is 31.5 Å². The second-order valence-corrected chi connectivity index (χ2v) is 5.83. The number of hydrogen-bond acceptors (Lipinski definition) is 5. The SMILES string of the molecule is COc1c(C(=O)N[C@H](C)CNc2ccccc2)cnc2c1cnn2C. The number of rotatable bonds is 6. The molecule has 0 aliphatic carbocycles. The molecule has 0 saturated heterocycles. The predicted octanol–water partition coefficient (Wildman–Crippen LogP) is 2.21. The lowest BCUT2D eigenvalue weighted by molar-refractivity contribution is 0.0939. The van der Waals surface area contributed by atoms with E-state index in [9.17, 15) is 4.79 Å². The number of para-hydroxylation sites is 1. The maximum absolute atomic E-state index is 12.6. The van der Waals surface area contributed by atoms with Crippen LogP contribution in [0.5, 0.6) is 5.75 Å². The smallest absolute Gasteiger partial charge is 0.256 e. The molecule has 7 nitrogen and oxygen atoms in total. The maximum atomic E-state index is 12.6. The fourth-order valence-electron chi connectivity index (χ4n) is 2.63. The number of fused-ring (bicyclic) bond motifs is 1. The molecule has 1 amide bonds. The first-order valence-corrected chi connectivity index (χ1v) is 8.04. The zero-order valence-electron chi connectivity index (χ0n) is 14.5. The predicted molar refractivity (Wildman–Crippen MR) is 96.9 cm³/mol. The molecule has 0 unspecified atom stereocenters. The molecule has 1 atom stereocenters. The lowest BCUT2D eigenvalue weighted by Crippen LogP contribution is -2.37. The lowest BCUT2D eigenvalue weighted by atomic mass is 10.2. The summed E-state index contributed by atoms with van der Waals surface area (Å²) in [6.45, 7) is 2.55. The molecule has 0 saturated carbocycles. The molecule has 0 radical (unpaired) electrons. The highest BCUT2D eigenvalue weighted by atomic mass is 16.5. The normalized spacial score (nSPS) is 12.0. The van der Waals surface area contributed by atoms with E-state index in [4.69, 9.17) is 4.74 Å². The molecule has 0 aliphatic rings. The van der Waals surface area contributed by atoms with Crippen molar-refractivity contribution in [1.29, 1.82) is 0 Å². The molecular formula is C18H21N5O2. The Labute approximate surface area is 146 Å². The van der Waals surface area contributed by atoms with E-state index >= 15 is 0 Å². The molecule has 3 rings (SSSR count). The van der Waals surface area contributed by atoms with Crippen LogP contribution < -0.4 is 15.4 Å². The van der Waals surface area contributed by atoms with Crippen LogP contribution in [0.15, 0.2) is 42.7 Å². The van der Waals surface area contributed by atoms with Gasteiger partial charge >= 0.3 is 0 Å². The third-order valence-electron chi connectivity index (χ3n) is 3.93. The third-order valence-corrected chi connectivity index (χ3v) is 3.93. The van der Waals surface area contributed by atoms with Crippen LogP contribution in [0.25, 0.3) is 11.0 Å². The summed E-state index contributed by atoms with van der Waals surface area (Å²) in [7, 11) is 3.34. The Morgan fingerprint density at radius 1 is 1.28 bits per heavy atom. The van der Waals surface area contributed by atoms with Crippen molar-refractivity contribution >= 4 is 22.6 Å². The Kier molecular flexibility index (Phi) is 4.83. The summed E-state index contributed by atoms with van der Waals surface area (Å²) in [6, 6.07) is 9.79. The highest BCUT2D eigenvalue weighted by molar-refractivity contribution is 6.01. The fraction of sp³-hybridized carbons (Fsp3) is 0.278. The van der Waals surface area contributed by atoms with Crippen LogP contribution >= 0.6 is 0 Å². The first-order chi connectivity index (χ1) is 12.1. The van der Waals surface area contributed by atoms with E-state index in [1.807, 2.05) is 37.3 Å². The molecule has 0 bridgehead atoms. The van der Waals surface area contributed by atoms with E-state index < -0.39 is 0 Å². The van der Waals surface area contributed by atoms with Gasteiger partial charge in [-0.25, -0.2) is 4.98 Å². The van der Waals surface area contributed by atoms with E-state index in [2.05, 4.69) is 20.7 Å². The van der Waals surface area contributed by atoms with Crippen LogP contribution in [0.3, 0.4) is 0 Å². The first-order valence-electron chi connectivity index (χ1n) is 8.04. The average molecular weight is 339 g/mol. The van der Waals surface area contributed by atoms with Crippen molar-refractivity contribution in [1.82, 2.24) is 20.1 Å². The minimum absolute atomic E-state index is 0.0676. The summed E-state index contributed by atoms with van der Waals surface area (Å²) in [5, 5.41) is 11.1. The molecule has 0 spiro atoms. The van der Waals surface area contributed by atoms with E-state index in [1.165, 1.54) is 6.20 Å². The van der Waals surface area contributed by atoms with Crippen LogP contribution in [-0.2, 0) is 7.05 Å². The van der Waals surface area contributed by atoms with Crippen LogP contribution in [-0.4, -0.2) is 40.4 Å². The summed E-state index contributed by atoms with van der Waals surface area (Å²) in [5.41, 5.74) is 2.08. The summed E-state index contributed by atoms with van der Waals surface area (Å²) in [5.74, 6) is 0.260. The lowest BCUT2D eigenvalue weighted by Gasteiger charge is -2.16. The van der Waals surface area contributed by atoms with Crippen molar-refractivity contribution in [2.24, 2.45) is 7.05 Å². The fourth-order valence-corrected chi connectivity index (χ4v) is 2.63. The van der Waals surface area contributed by atoms with E-state index in [0.29, 0.717) is 28.9 Å². The van der Waals surface area contributed by atoms with E-state index in [1.54, 1.807) is 25.0 Å². The van der Waals surface area contributed by atoms with Gasteiger partial charge in [-0.15, -0.1) is 0 Å². The molecule has 2 heterocycles. The zero-order chi connectivity index (χ0) is 17.8. The van der Waals surface area contributed by atoms with Gasteiger partial charge in [0.05, 0.1) is 18.7 Å². The highest BCUT2D eigenvalue weighted by Gasteiger charge is 2.19. The molecule has 2 N–H and O–H groups in total. The van der Waals surface area contributed by atoms with Crippen molar-refractivity contribution in [2.45, 2.75) is 13.0 Å². The number of amides is 1. The summed E-state index contributed by atoms with van der Waals surface area (Å²) in [6.07, 6.45) is 3.17. The molecule has 7 heteroatoms. The number of ether oxygens (including phenoxy) is 1. The van der Waals surface area contributed by atoms with Gasteiger partial charge in [0.2, 0.25) is 0 Å². The number of aromatic nitrogens is 3. The van der Waals surface area contributed by atoms with Crippen molar-refractivity contribution in [3.8, 4) is 5.75 Å². The Balaban J connectivity index is 1.71. The van der Waals surface area contributed by atoms with Gasteiger partial charge < -0.3 is 15.4 Å². The molecule has 130 valence electrons. The minimum atomic E-state index is -0.225. The number of nitrogens with zero attached hydrogens (tertiary/aromatic N) is 3. The topological polar surface area (TPSA) is 81.1 Å². The summed E-state index contributed by atoms with van der Waals surface area (Å²) >= 11 is 0. The number of aryl methyl sites for hydroxylation is 1. The second kappa shape index (κ2) is 7.21. The number of methoxy groups -OCH3 is 1. The molecule has 1 aromatic carbocycles. The first kappa shape index (κ1) is 16.8. The van der Waals surface area contributed by atoms with E-state index in [-0.39, 0.29) is 11.9 Å². The third kappa shape index (κ3) is 3.55. The van der Waals surface area contributed by atoms with Gasteiger partial charge in [0.25, 0.3) is 5.91 Å². The Bertz CT molecular complexity index is 876. The molecule has 3 aromatic rings. The van der Waals surface area contributed by atoms with Gasteiger partial charge in [-0.3, -0.25) is 9.48 Å². The highest BCUT2D eigenvalue weighted by Crippen LogP contribution is 2.27. The number of anilines is 1. The average Bonchev–Trinajstić information content (AvgIpc) is 3.01. The van der Waals surface area contributed by atoms with Gasteiger partial charge in [0.1, 0.15) is 11.3 Å². The van der Waals surface area contributed by atoms with E-state index in [0.717, 1.165) is 5.69 Å². The standard InChI is InChI=1S/C18H21N5O2/c1-12(9-19-13-7-5-4-6-8-13)22-18(24)15-10-20-17-14(16(15)25-3)11-21-23(17)2/h4-8,10-12,19H,9H2,1-3H3,(H,22,24)/t12-/m1/s1. The molecule has 0 aliphatic heterocycles. The summed E-state index contributed by atoms with van der Waals surface area (Å²) < 4.78 is 7.08. The molecule has 25 heavy (non-hydrogen) atoms. The minimum Gasteiger partial charge on any atom is -0.495 e. The number of nitrogens with one attached hydrogen (secondary N) is 2. The summed E-state index contributed by atoms with van der Waals surface area (Å²) in [4.78, 5) is 16.9. The van der Waals surface area contributed by atoms with Crippen LogP contribution in [0, 0.1) is 0 Å². The number of benzene rings is 1. The van der Waals surface area contributed by atoms with Crippen LogP contribution in [0.2, 0.25) is 0 Å².